The summed E-state index contributed by atoms with van der Waals surface area (Å²) in [4.78, 5) is 37.9. The molecule has 0 aliphatic heterocycles. The third-order valence-electron chi connectivity index (χ3n) is 2.13. The number of carbonyl (C=O) groups is 3. The molecule has 22 heavy (non-hydrogen) atoms. The highest BCUT2D eigenvalue weighted by Crippen LogP contribution is 1.94. The average Bonchev–Trinajstić information content (AvgIpc) is 2.52. The van der Waals surface area contributed by atoms with Gasteiger partial charge in [0.05, 0.1) is 6.61 Å². The molecule has 1 aromatic rings. The smallest absolute Gasteiger partial charge is 0.330 e. The lowest BCUT2D eigenvalue weighted by Crippen LogP contribution is -2.48. The second-order valence-electron chi connectivity index (χ2n) is 3.72. The number of nitrogens with zero attached hydrogens (tertiary/aromatic N) is 1. The van der Waals surface area contributed by atoms with Crippen molar-refractivity contribution < 1.29 is 19.1 Å². The molecule has 0 unspecified atom stereocenters. The Bertz CT molecular complexity index is 589. The van der Waals surface area contributed by atoms with E-state index < -0.39 is 17.8 Å². The van der Waals surface area contributed by atoms with Crippen LogP contribution in [0.15, 0.2) is 36.7 Å². The van der Waals surface area contributed by atoms with Crippen molar-refractivity contribution in [2.75, 3.05) is 6.61 Å². The molecule has 0 aliphatic rings. The molecule has 8 nitrogen and oxygen atoms in total. The van der Waals surface area contributed by atoms with Crippen LogP contribution in [0.4, 0.5) is 0 Å². The van der Waals surface area contributed by atoms with Crippen molar-refractivity contribution in [1.82, 2.24) is 21.2 Å². The van der Waals surface area contributed by atoms with Gasteiger partial charge < -0.3 is 4.74 Å². The van der Waals surface area contributed by atoms with Gasteiger partial charge in [0.1, 0.15) is 0 Å². The third-order valence-corrected chi connectivity index (χ3v) is 2.33. The molecule has 0 radical (unpaired) electrons. The molecule has 0 spiro atoms. The molecule has 1 aromatic heterocycles. The summed E-state index contributed by atoms with van der Waals surface area (Å²) >= 11 is 4.81. The van der Waals surface area contributed by atoms with Crippen LogP contribution in [0.1, 0.15) is 17.3 Å². The number of pyridine rings is 1. The van der Waals surface area contributed by atoms with E-state index in [-0.39, 0.29) is 11.7 Å². The molecule has 0 aromatic carbocycles. The zero-order valence-electron chi connectivity index (χ0n) is 11.7. The van der Waals surface area contributed by atoms with Gasteiger partial charge in [-0.05, 0) is 31.3 Å². The number of carbonyl (C=O) groups excluding carboxylic acids is 3. The molecule has 9 heteroatoms. The lowest BCUT2D eigenvalue weighted by atomic mass is 10.3. The first-order valence-corrected chi connectivity index (χ1v) is 6.60. The van der Waals surface area contributed by atoms with E-state index >= 15 is 0 Å². The zero-order chi connectivity index (χ0) is 16.4. The maximum Gasteiger partial charge on any atom is 0.330 e. The summed E-state index contributed by atoms with van der Waals surface area (Å²) in [5, 5.41) is 2.12. The number of hydrogen-bond donors (Lipinski definition) is 3. The van der Waals surface area contributed by atoms with Crippen LogP contribution in [0.25, 0.3) is 0 Å². The Morgan fingerprint density at radius 2 is 1.91 bits per heavy atom. The monoisotopic (exact) mass is 322 g/mol. The van der Waals surface area contributed by atoms with Gasteiger partial charge in [-0.3, -0.25) is 30.7 Å². The number of hydrazine groups is 1. The minimum absolute atomic E-state index is 0.124. The quantitative estimate of drug-likeness (QED) is 0.306. The van der Waals surface area contributed by atoms with Crippen LogP contribution in [0, 0.1) is 0 Å². The molecular formula is C13H14N4O4S. The molecule has 0 saturated heterocycles. The van der Waals surface area contributed by atoms with E-state index in [0.717, 1.165) is 12.2 Å². The highest BCUT2D eigenvalue weighted by atomic mass is 32.1. The van der Waals surface area contributed by atoms with Crippen molar-refractivity contribution in [2.24, 2.45) is 0 Å². The summed E-state index contributed by atoms with van der Waals surface area (Å²) in [7, 11) is 0. The first-order chi connectivity index (χ1) is 10.5. The number of aromatic nitrogens is 1. The summed E-state index contributed by atoms with van der Waals surface area (Å²) < 4.78 is 4.61. The van der Waals surface area contributed by atoms with Crippen LogP contribution in [-0.4, -0.2) is 34.5 Å². The fraction of sp³-hybridized carbons (Fsp3) is 0.154. The molecule has 2 amide bonds. The minimum atomic E-state index is -0.637. The van der Waals surface area contributed by atoms with Crippen molar-refractivity contribution in [3.63, 3.8) is 0 Å². The molecule has 3 N–H and O–H groups in total. The number of rotatable bonds is 4. The van der Waals surface area contributed by atoms with Gasteiger partial charge in [-0.15, -0.1) is 0 Å². The number of hydrogen-bond acceptors (Lipinski definition) is 6. The van der Waals surface area contributed by atoms with Crippen molar-refractivity contribution in [1.29, 1.82) is 0 Å². The van der Waals surface area contributed by atoms with E-state index in [2.05, 4.69) is 25.9 Å². The van der Waals surface area contributed by atoms with Crippen molar-refractivity contribution in [2.45, 2.75) is 6.92 Å². The Kier molecular flexibility index (Phi) is 7.20. The SMILES string of the molecule is CCOC(=O)/C=C/C(=O)NC(=S)NNC(=O)c1ccncc1. The highest BCUT2D eigenvalue weighted by molar-refractivity contribution is 7.80. The maximum atomic E-state index is 11.7. The normalized spacial score (nSPS) is 9.86. The maximum absolute atomic E-state index is 11.7. The van der Waals surface area contributed by atoms with Crippen molar-refractivity contribution in [3.8, 4) is 0 Å². The van der Waals surface area contributed by atoms with Gasteiger partial charge in [-0.25, -0.2) is 4.79 Å². The van der Waals surface area contributed by atoms with Gasteiger partial charge in [0.15, 0.2) is 5.11 Å². The molecule has 0 fully saturated rings. The van der Waals surface area contributed by atoms with Crippen molar-refractivity contribution in [3.05, 3.63) is 42.2 Å². The molecular weight excluding hydrogens is 308 g/mol. The van der Waals surface area contributed by atoms with Gasteiger partial charge in [-0.1, -0.05) is 0 Å². The lowest BCUT2D eigenvalue weighted by molar-refractivity contribution is -0.137. The molecule has 116 valence electrons. The number of esters is 1. The van der Waals surface area contributed by atoms with Crippen LogP contribution in [-0.2, 0) is 14.3 Å². The first-order valence-electron chi connectivity index (χ1n) is 6.19. The largest absolute Gasteiger partial charge is 0.463 e. The Labute approximate surface area is 131 Å². The molecule has 0 atom stereocenters. The number of nitrogens with one attached hydrogen (secondary N) is 3. The second-order valence-corrected chi connectivity index (χ2v) is 4.13. The summed E-state index contributed by atoms with van der Waals surface area (Å²) in [5.74, 6) is -1.72. The number of ether oxygens (including phenoxy) is 1. The van der Waals surface area contributed by atoms with E-state index in [1.54, 1.807) is 6.92 Å². The van der Waals surface area contributed by atoms with E-state index in [9.17, 15) is 14.4 Å². The Morgan fingerprint density at radius 1 is 1.23 bits per heavy atom. The van der Waals surface area contributed by atoms with Crippen LogP contribution < -0.4 is 16.2 Å². The standard InChI is InChI=1S/C13H14N4O4S/c1-2-21-11(19)4-3-10(18)15-13(22)17-16-12(20)9-5-7-14-8-6-9/h3-8H,2H2,1H3,(H,16,20)(H2,15,17,18,22)/b4-3+. The van der Waals surface area contributed by atoms with E-state index in [0.29, 0.717) is 5.56 Å². The first kappa shape index (κ1) is 17.2. The third kappa shape index (κ3) is 6.57. The minimum Gasteiger partial charge on any atom is -0.463 e. The zero-order valence-corrected chi connectivity index (χ0v) is 12.5. The predicted octanol–water partition coefficient (Wildman–Crippen LogP) is -0.164. The van der Waals surface area contributed by atoms with Crippen LogP contribution in [0.3, 0.4) is 0 Å². The summed E-state index contributed by atoms with van der Waals surface area (Å²) in [6.45, 7) is 1.86. The topological polar surface area (TPSA) is 109 Å². The van der Waals surface area contributed by atoms with Gasteiger partial charge in [-0.2, -0.15) is 0 Å². The van der Waals surface area contributed by atoms with Crippen molar-refractivity contribution >= 4 is 35.1 Å². The predicted molar refractivity (Wildman–Crippen MR) is 81.4 cm³/mol. The number of thiocarbonyl (C=S) groups is 1. The molecule has 1 heterocycles. The van der Waals surface area contributed by atoms with Gasteiger partial charge >= 0.3 is 5.97 Å². The number of amides is 2. The lowest BCUT2D eigenvalue weighted by Gasteiger charge is -2.09. The molecule has 1 rings (SSSR count). The van der Waals surface area contributed by atoms with Gasteiger partial charge in [0, 0.05) is 30.1 Å². The second kappa shape index (κ2) is 9.19. The van der Waals surface area contributed by atoms with E-state index in [1.807, 2.05) is 0 Å². The van der Waals surface area contributed by atoms with E-state index in [4.69, 9.17) is 12.2 Å². The van der Waals surface area contributed by atoms with Gasteiger partial charge in [0.25, 0.3) is 5.91 Å². The fourth-order valence-electron chi connectivity index (χ4n) is 1.21. The molecule has 0 saturated carbocycles. The average molecular weight is 322 g/mol. The Morgan fingerprint density at radius 3 is 2.55 bits per heavy atom. The summed E-state index contributed by atoms with van der Waals surface area (Å²) in [5.41, 5.74) is 5.03. The summed E-state index contributed by atoms with van der Waals surface area (Å²) in [6, 6.07) is 3.03. The Hall–Kier alpha value is -2.81. The van der Waals surface area contributed by atoms with Crippen LogP contribution in [0.5, 0.6) is 0 Å². The van der Waals surface area contributed by atoms with Crippen LogP contribution >= 0.6 is 12.2 Å². The molecule has 0 aliphatic carbocycles. The summed E-state index contributed by atoms with van der Waals surface area (Å²) in [6.07, 6.45) is 4.87. The van der Waals surface area contributed by atoms with Gasteiger partial charge in [0.2, 0.25) is 5.91 Å². The van der Waals surface area contributed by atoms with Crippen LogP contribution in [0.2, 0.25) is 0 Å². The molecule has 0 bridgehead atoms. The fourth-order valence-corrected chi connectivity index (χ4v) is 1.36. The Balaban J connectivity index is 2.36. The van der Waals surface area contributed by atoms with E-state index in [1.165, 1.54) is 24.5 Å². The highest BCUT2D eigenvalue weighted by Gasteiger charge is 2.06.